The molecule has 6 nitrogen and oxygen atoms in total. The summed E-state index contributed by atoms with van der Waals surface area (Å²) in [5, 5.41) is 9.22. The number of nitrogens with zero attached hydrogens (tertiary/aromatic N) is 3. The van der Waals surface area contributed by atoms with Crippen molar-refractivity contribution in [2.45, 2.75) is 56.9 Å². The van der Waals surface area contributed by atoms with Crippen LogP contribution in [0.5, 0.6) is 0 Å². The molecule has 3 heterocycles. The van der Waals surface area contributed by atoms with Crippen LogP contribution < -0.4 is 0 Å². The topological polar surface area (TPSA) is 78.0 Å². The van der Waals surface area contributed by atoms with Gasteiger partial charge in [0.05, 0.1) is 29.4 Å². The highest BCUT2D eigenvalue weighted by Crippen LogP contribution is 2.55. The zero-order valence-corrected chi connectivity index (χ0v) is 18.7. The van der Waals surface area contributed by atoms with E-state index in [2.05, 4.69) is 35.8 Å². The van der Waals surface area contributed by atoms with Gasteiger partial charge in [-0.1, -0.05) is 49.3 Å². The van der Waals surface area contributed by atoms with Crippen LogP contribution in [-0.2, 0) is 28.1 Å². The maximum absolute atomic E-state index is 12.3. The first-order chi connectivity index (χ1) is 14.9. The maximum atomic E-state index is 12.3. The van der Waals surface area contributed by atoms with E-state index in [1.807, 2.05) is 24.4 Å². The number of hydrogen-bond acceptors (Lipinski definition) is 5. The second-order valence-corrected chi connectivity index (χ2v) is 12.0. The Morgan fingerprint density at radius 2 is 2.00 bits per heavy atom. The van der Waals surface area contributed by atoms with Gasteiger partial charge in [0.1, 0.15) is 5.76 Å². The first-order valence-corrected chi connectivity index (χ1v) is 13.0. The quantitative estimate of drug-likeness (QED) is 0.604. The van der Waals surface area contributed by atoms with Gasteiger partial charge in [0.25, 0.3) is 0 Å². The van der Waals surface area contributed by atoms with E-state index in [0.29, 0.717) is 12.3 Å². The molecule has 1 fully saturated rings. The molecule has 31 heavy (non-hydrogen) atoms. The summed E-state index contributed by atoms with van der Waals surface area (Å²) < 4.78 is 32.4. The average Bonchev–Trinajstić information content (AvgIpc) is 3.45. The molecule has 0 radical (unpaired) electrons. The Bertz CT molecular complexity index is 1260. The SMILES string of the molecule is C[C@H]1c2oncc2C[C@@]2(C)c3c(c(-c4ccccc4)nn3C3CCS(=O)(=O)C3)CC[C@H]12. The van der Waals surface area contributed by atoms with Gasteiger partial charge in [-0.3, -0.25) is 4.68 Å². The highest BCUT2D eigenvalue weighted by molar-refractivity contribution is 7.91. The van der Waals surface area contributed by atoms with Gasteiger partial charge in [-0.25, -0.2) is 8.42 Å². The van der Waals surface area contributed by atoms with E-state index in [1.54, 1.807) is 0 Å². The van der Waals surface area contributed by atoms with Crippen molar-refractivity contribution in [2.24, 2.45) is 5.92 Å². The molecule has 6 rings (SSSR count). The van der Waals surface area contributed by atoms with Gasteiger partial charge >= 0.3 is 0 Å². The molecule has 3 aromatic rings. The summed E-state index contributed by atoms with van der Waals surface area (Å²) >= 11 is 0. The molecule has 0 saturated carbocycles. The lowest BCUT2D eigenvalue weighted by molar-refractivity contribution is 0.164. The summed E-state index contributed by atoms with van der Waals surface area (Å²) in [5.74, 6) is 2.14. The summed E-state index contributed by atoms with van der Waals surface area (Å²) in [4.78, 5) is 0. The fraction of sp³-hybridized carbons (Fsp3) is 0.500. The fourth-order valence-electron chi connectivity index (χ4n) is 6.54. The van der Waals surface area contributed by atoms with E-state index in [9.17, 15) is 8.42 Å². The second-order valence-electron chi connectivity index (χ2n) is 9.79. The zero-order chi connectivity index (χ0) is 21.4. The number of hydrogen-bond donors (Lipinski definition) is 0. The molecule has 7 heteroatoms. The normalized spacial score (nSPS) is 31.1. The van der Waals surface area contributed by atoms with Crippen LogP contribution in [0.2, 0.25) is 0 Å². The van der Waals surface area contributed by atoms with Gasteiger partial charge in [0, 0.05) is 33.7 Å². The highest BCUT2D eigenvalue weighted by atomic mass is 32.2. The first kappa shape index (κ1) is 19.3. The van der Waals surface area contributed by atoms with Gasteiger partial charge < -0.3 is 4.52 Å². The van der Waals surface area contributed by atoms with Crippen molar-refractivity contribution in [1.82, 2.24) is 14.9 Å². The van der Waals surface area contributed by atoms with E-state index < -0.39 is 9.84 Å². The van der Waals surface area contributed by atoms with Crippen molar-refractivity contribution in [3.05, 3.63) is 59.1 Å². The maximum Gasteiger partial charge on any atom is 0.152 e. The summed E-state index contributed by atoms with van der Waals surface area (Å²) in [6.07, 6.45) is 5.37. The lowest BCUT2D eigenvalue weighted by Gasteiger charge is -2.47. The minimum atomic E-state index is -3.01. The predicted molar refractivity (Wildman–Crippen MR) is 118 cm³/mol. The van der Waals surface area contributed by atoms with Crippen molar-refractivity contribution in [3.8, 4) is 11.3 Å². The molecule has 0 N–H and O–H groups in total. The Morgan fingerprint density at radius 3 is 2.74 bits per heavy atom. The smallest absolute Gasteiger partial charge is 0.152 e. The Hall–Kier alpha value is -2.41. The van der Waals surface area contributed by atoms with Crippen LogP contribution in [0.1, 0.15) is 61.2 Å². The van der Waals surface area contributed by atoms with Crippen LogP contribution in [0.3, 0.4) is 0 Å². The summed E-state index contributed by atoms with van der Waals surface area (Å²) in [7, 11) is -3.01. The average molecular weight is 438 g/mol. The lowest BCUT2D eigenvalue weighted by Crippen LogP contribution is -2.46. The molecule has 4 atom stereocenters. The molecule has 162 valence electrons. The second kappa shape index (κ2) is 6.55. The third-order valence-electron chi connectivity index (χ3n) is 7.93. The van der Waals surface area contributed by atoms with Crippen LogP contribution in [0, 0.1) is 5.92 Å². The molecule has 0 bridgehead atoms. The molecule has 1 aliphatic heterocycles. The molecule has 1 unspecified atom stereocenters. The van der Waals surface area contributed by atoms with Crippen molar-refractivity contribution in [1.29, 1.82) is 0 Å². The summed E-state index contributed by atoms with van der Waals surface area (Å²) in [6.45, 7) is 4.59. The van der Waals surface area contributed by atoms with Gasteiger partial charge in [-0.05, 0) is 31.6 Å². The molecule has 0 spiro atoms. The predicted octanol–water partition coefficient (Wildman–Crippen LogP) is 4.08. The molecule has 0 amide bonds. The summed E-state index contributed by atoms with van der Waals surface area (Å²) in [5.41, 5.74) is 5.70. The third-order valence-corrected chi connectivity index (χ3v) is 9.68. The number of rotatable bonds is 2. The first-order valence-electron chi connectivity index (χ1n) is 11.2. The van der Waals surface area contributed by atoms with Gasteiger partial charge in [0.15, 0.2) is 9.84 Å². The monoisotopic (exact) mass is 437 g/mol. The van der Waals surface area contributed by atoms with Crippen molar-refractivity contribution < 1.29 is 12.9 Å². The van der Waals surface area contributed by atoms with E-state index in [1.165, 1.54) is 16.8 Å². The fourth-order valence-corrected chi connectivity index (χ4v) is 8.23. The van der Waals surface area contributed by atoms with E-state index in [-0.39, 0.29) is 28.9 Å². The van der Waals surface area contributed by atoms with E-state index >= 15 is 0 Å². The highest BCUT2D eigenvalue weighted by Gasteiger charge is 2.52. The van der Waals surface area contributed by atoms with Crippen molar-refractivity contribution in [3.63, 3.8) is 0 Å². The lowest BCUT2D eigenvalue weighted by atomic mass is 9.56. The molecular weight excluding hydrogens is 410 g/mol. The molecule has 1 aromatic carbocycles. The van der Waals surface area contributed by atoms with Crippen LogP contribution >= 0.6 is 0 Å². The van der Waals surface area contributed by atoms with E-state index in [0.717, 1.165) is 36.3 Å². The third kappa shape index (κ3) is 2.78. The standard InChI is InChI=1S/C24H27N3O3S/c1-15-20-9-8-19-21(16-6-4-3-5-7-16)26-27(18-10-11-31(28,29)14-18)23(19)24(20,2)12-17-13-25-30-22(15)17/h3-7,13,15,18,20H,8-12,14H2,1-2H3/t15-,18?,20-,24-/m1/s1. The Labute approximate surface area is 182 Å². The zero-order valence-electron chi connectivity index (χ0n) is 17.9. The van der Waals surface area contributed by atoms with Gasteiger partial charge in [0.2, 0.25) is 0 Å². The number of sulfone groups is 1. The molecule has 2 aliphatic carbocycles. The minimum Gasteiger partial charge on any atom is -0.361 e. The molecule has 3 aliphatic rings. The number of benzene rings is 1. The molecular formula is C24H27N3O3S. The largest absolute Gasteiger partial charge is 0.361 e. The van der Waals surface area contributed by atoms with Gasteiger partial charge in [-0.2, -0.15) is 5.10 Å². The van der Waals surface area contributed by atoms with Crippen LogP contribution in [0.4, 0.5) is 0 Å². The number of fused-ring (bicyclic) bond motifs is 4. The van der Waals surface area contributed by atoms with Crippen molar-refractivity contribution >= 4 is 9.84 Å². The van der Waals surface area contributed by atoms with Gasteiger partial charge in [-0.15, -0.1) is 0 Å². The Morgan fingerprint density at radius 1 is 1.19 bits per heavy atom. The minimum absolute atomic E-state index is 0.0917. The Kier molecular flexibility index (Phi) is 4.07. The van der Waals surface area contributed by atoms with Crippen LogP contribution in [-0.4, -0.2) is 34.9 Å². The van der Waals surface area contributed by atoms with Crippen LogP contribution in [0.15, 0.2) is 41.1 Å². The number of aromatic nitrogens is 3. The van der Waals surface area contributed by atoms with E-state index in [4.69, 9.17) is 9.62 Å². The van der Waals surface area contributed by atoms with Crippen molar-refractivity contribution in [2.75, 3.05) is 11.5 Å². The Balaban J connectivity index is 1.57. The molecule has 1 saturated heterocycles. The summed E-state index contributed by atoms with van der Waals surface area (Å²) in [6, 6.07) is 10.2. The molecule has 2 aromatic heterocycles. The van der Waals surface area contributed by atoms with Crippen LogP contribution in [0.25, 0.3) is 11.3 Å².